The van der Waals surface area contributed by atoms with Gasteiger partial charge in [-0.3, -0.25) is 9.69 Å². The molecule has 0 N–H and O–H groups in total. The van der Waals surface area contributed by atoms with Gasteiger partial charge >= 0.3 is 6.09 Å². The van der Waals surface area contributed by atoms with Crippen molar-refractivity contribution in [1.82, 2.24) is 9.80 Å². The van der Waals surface area contributed by atoms with Crippen molar-refractivity contribution in [2.24, 2.45) is 0 Å². The highest BCUT2D eigenvalue weighted by atomic mass is 16.6. The lowest BCUT2D eigenvalue weighted by molar-refractivity contribution is 0.0000746. The number of amides is 2. The van der Waals surface area contributed by atoms with Crippen molar-refractivity contribution < 1.29 is 14.3 Å². The Hall–Kier alpha value is -2.30. The fourth-order valence-electron chi connectivity index (χ4n) is 3.93. The van der Waals surface area contributed by atoms with Crippen LogP contribution in [0.4, 0.5) is 4.79 Å². The summed E-state index contributed by atoms with van der Waals surface area (Å²) in [7, 11) is 3.51. The summed E-state index contributed by atoms with van der Waals surface area (Å²) in [6, 6.07) is 8.07. The van der Waals surface area contributed by atoms with Crippen LogP contribution in [0.3, 0.4) is 0 Å². The van der Waals surface area contributed by atoms with Crippen LogP contribution in [0.1, 0.15) is 62.4 Å². The molecule has 0 aliphatic carbocycles. The van der Waals surface area contributed by atoms with Crippen LogP contribution in [0.5, 0.6) is 0 Å². The highest BCUT2D eigenvalue weighted by Crippen LogP contribution is 2.38. The maximum absolute atomic E-state index is 12.7. The first-order chi connectivity index (χ1) is 12.7. The maximum atomic E-state index is 12.7. The Labute approximate surface area is 162 Å². The van der Waals surface area contributed by atoms with Crippen LogP contribution in [0, 0.1) is 0 Å². The highest BCUT2D eigenvalue weighted by Gasteiger charge is 2.39. The van der Waals surface area contributed by atoms with E-state index in [0.29, 0.717) is 5.56 Å². The third kappa shape index (κ3) is 4.34. The summed E-state index contributed by atoms with van der Waals surface area (Å²) >= 11 is 0. The molecule has 0 spiro atoms. The van der Waals surface area contributed by atoms with Crippen molar-refractivity contribution in [2.45, 2.75) is 64.1 Å². The minimum Gasteiger partial charge on any atom is -0.444 e. The Morgan fingerprint density at radius 2 is 1.78 bits per heavy atom. The number of nitrogens with zero attached hydrogens (tertiary/aromatic N) is 2. The van der Waals surface area contributed by atoms with Gasteiger partial charge in [0.25, 0.3) is 5.91 Å². The molecule has 2 bridgehead atoms. The summed E-state index contributed by atoms with van der Waals surface area (Å²) in [5.41, 5.74) is 2.60. The van der Waals surface area contributed by atoms with Crippen molar-refractivity contribution in [2.75, 3.05) is 14.1 Å². The fourth-order valence-corrected chi connectivity index (χ4v) is 3.93. The zero-order chi connectivity index (χ0) is 19.8. The molecule has 2 heterocycles. The number of carbonyl (C=O) groups is 2. The largest absolute Gasteiger partial charge is 0.444 e. The second-order valence-corrected chi connectivity index (χ2v) is 8.71. The molecular formula is C22H30N2O3. The van der Waals surface area contributed by atoms with E-state index in [9.17, 15) is 9.59 Å². The summed E-state index contributed by atoms with van der Waals surface area (Å²) in [5.74, 6) is 0.00661. The average Bonchev–Trinajstić information content (AvgIpc) is 2.58. The minimum absolute atomic E-state index is 0.00661. The van der Waals surface area contributed by atoms with Crippen LogP contribution in [-0.2, 0) is 4.74 Å². The van der Waals surface area contributed by atoms with E-state index in [1.807, 2.05) is 49.9 Å². The van der Waals surface area contributed by atoms with Crippen LogP contribution in [-0.4, -0.2) is 53.6 Å². The Morgan fingerprint density at radius 3 is 2.33 bits per heavy atom. The molecular weight excluding hydrogens is 340 g/mol. The van der Waals surface area contributed by atoms with Gasteiger partial charge in [-0.15, -0.1) is 0 Å². The normalized spacial score (nSPS) is 22.1. The number of benzene rings is 1. The second kappa shape index (κ2) is 7.37. The molecule has 1 aromatic rings. The molecule has 27 heavy (non-hydrogen) atoms. The number of rotatable bonds is 2. The van der Waals surface area contributed by atoms with Crippen molar-refractivity contribution in [3.8, 4) is 0 Å². The van der Waals surface area contributed by atoms with Crippen molar-refractivity contribution >= 4 is 17.6 Å². The molecule has 2 unspecified atom stereocenters. The molecule has 1 aromatic carbocycles. The van der Waals surface area contributed by atoms with Crippen LogP contribution >= 0.6 is 0 Å². The first-order valence-electron chi connectivity index (χ1n) is 9.70. The Kier molecular flexibility index (Phi) is 5.31. The SMILES string of the molecule is CN(C)C(=O)c1ccc(C2=CC3CCCC(C2)N3C(=O)OC(C)(C)C)cc1. The maximum Gasteiger partial charge on any atom is 0.411 e. The molecule has 1 fully saturated rings. The lowest BCUT2D eigenvalue weighted by Crippen LogP contribution is -2.53. The molecule has 2 aliphatic rings. The molecule has 5 nitrogen and oxygen atoms in total. The van der Waals surface area contributed by atoms with E-state index < -0.39 is 5.60 Å². The summed E-state index contributed by atoms with van der Waals surface area (Å²) in [6.45, 7) is 5.72. The van der Waals surface area contributed by atoms with Gasteiger partial charge < -0.3 is 9.64 Å². The molecule has 2 aliphatic heterocycles. The number of fused-ring (bicyclic) bond motifs is 2. The van der Waals surface area contributed by atoms with Gasteiger partial charge in [-0.1, -0.05) is 18.2 Å². The fraction of sp³-hybridized carbons (Fsp3) is 0.545. The standard InChI is InChI=1S/C22H30N2O3/c1-22(2,3)27-21(26)24-18-7-6-8-19(24)14-17(13-18)15-9-11-16(12-10-15)20(25)23(4)5/h9-13,18-19H,6-8,14H2,1-5H3. The zero-order valence-corrected chi connectivity index (χ0v) is 17.0. The van der Waals surface area contributed by atoms with E-state index >= 15 is 0 Å². The van der Waals surface area contributed by atoms with E-state index in [1.165, 1.54) is 5.57 Å². The number of carbonyl (C=O) groups excluding carboxylic acids is 2. The van der Waals surface area contributed by atoms with Gasteiger partial charge in [-0.2, -0.15) is 0 Å². The van der Waals surface area contributed by atoms with Crippen molar-refractivity contribution in [1.29, 1.82) is 0 Å². The van der Waals surface area contributed by atoms with E-state index in [4.69, 9.17) is 4.74 Å². The van der Waals surface area contributed by atoms with Gasteiger partial charge in [0.2, 0.25) is 0 Å². The molecule has 0 aromatic heterocycles. The van der Waals surface area contributed by atoms with E-state index in [2.05, 4.69) is 6.08 Å². The van der Waals surface area contributed by atoms with Gasteiger partial charge in [0.15, 0.2) is 0 Å². The van der Waals surface area contributed by atoms with Crippen LogP contribution in [0.25, 0.3) is 5.57 Å². The van der Waals surface area contributed by atoms with Gasteiger partial charge in [0, 0.05) is 25.7 Å². The highest BCUT2D eigenvalue weighted by molar-refractivity contribution is 5.94. The predicted octanol–water partition coefficient (Wildman–Crippen LogP) is 4.33. The molecule has 2 atom stereocenters. The molecule has 146 valence electrons. The lowest BCUT2D eigenvalue weighted by atomic mass is 9.83. The quantitative estimate of drug-likeness (QED) is 0.778. The van der Waals surface area contributed by atoms with Crippen molar-refractivity contribution in [3.05, 3.63) is 41.5 Å². The van der Waals surface area contributed by atoms with Gasteiger partial charge in [-0.05, 0) is 69.7 Å². The van der Waals surface area contributed by atoms with Crippen LogP contribution in [0.2, 0.25) is 0 Å². The average molecular weight is 370 g/mol. The van der Waals surface area contributed by atoms with Gasteiger partial charge in [-0.25, -0.2) is 4.79 Å². The lowest BCUT2D eigenvalue weighted by Gasteiger charge is -2.45. The number of piperidine rings is 1. The van der Waals surface area contributed by atoms with Gasteiger partial charge in [0.1, 0.15) is 5.60 Å². The summed E-state index contributed by atoms with van der Waals surface area (Å²) in [4.78, 5) is 28.3. The molecule has 1 saturated heterocycles. The minimum atomic E-state index is -0.482. The number of ether oxygens (including phenoxy) is 1. The first kappa shape index (κ1) is 19.5. The van der Waals surface area contributed by atoms with E-state index in [1.54, 1.807) is 19.0 Å². The molecule has 5 heteroatoms. The summed E-state index contributed by atoms with van der Waals surface area (Å²) in [5, 5.41) is 0. The van der Waals surface area contributed by atoms with E-state index in [0.717, 1.165) is 31.2 Å². The number of hydrogen-bond donors (Lipinski definition) is 0. The number of hydrogen-bond acceptors (Lipinski definition) is 3. The predicted molar refractivity (Wildman–Crippen MR) is 107 cm³/mol. The summed E-state index contributed by atoms with van der Waals surface area (Å²) < 4.78 is 5.63. The second-order valence-electron chi connectivity index (χ2n) is 8.71. The summed E-state index contributed by atoms with van der Waals surface area (Å²) in [6.07, 6.45) is 5.94. The smallest absolute Gasteiger partial charge is 0.411 e. The molecule has 0 radical (unpaired) electrons. The molecule has 2 amide bonds. The third-order valence-corrected chi connectivity index (χ3v) is 5.15. The molecule has 3 rings (SSSR count). The third-order valence-electron chi connectivity index (χ3n) is 5.15. The van der Waals surface area contributed by atoms with Crippen LogP contribution in [0.15, 0.2) is 30.3 Å². The first-order valence-corrected chi connectivity index (χ1v) is 9.70. The topological polar surface area (TPSA) is 49.9 Å². The Bertz CT molecular complexity index is 744. The molecule has 0 saturated carbocycles. The Balaban J connectivity index is 1.81. The van der Waals surface area contributed by atoms with Crippen molar-refractivity contribution in [3.63, 3.8) is 0 Å². The van der Waals surface area contributed by atoms with Crippen LogP contribution < -0.4 is 0 Å². The monoisotopic (exact) mass is 370 g/mol. The Morgan fingerprint density at radius 1 is 1.11 bits per heavy atom. The van der Waals surface area contributed by atoms with E-state index in [-0.39, 0.29) is 24.1 Å². The zero-order valence-electron chi connectivity index (χ0n) is 17.0. The van der Waals surface area contributed by atoms with Gasteiger partial charge in [0.05, 0.1) is 6.04 Å².